The zero-order valence-corrected chi connectivity index (χ0v) is 20.9. The van der Waals surface area contributed by atoms with E-state index < -0.39 is 38.2 Å². The minimum Gasteiger partial charge on any atom is -0.381 e. The second-order valence-electron chi connectivity index (χ2n) is 9.11. The van der Waals surface area contributed by atoms with Crippen LogP contribution in [0, 0.1) is 23.3 Å². The summed E-state index contributed by atoms with van der Waals surface area (Å²) >= 11 is 1.11. The molecule has 0 radical (unpaired) electrons. The van der Waals surface area contributed by atoms with Gasteiger partial charge in [-0.15, -0.1) is 11.3 Å². The molecular weight excluding hydrogens is 516 g/mol. The molecule has 2 aliphatic rings. The van der Waals surface area contributed by atoms with Crippen molar-refractivity contribution in [1.29, 1.82) is 0 Å². The fraction of sp³-hybridized carbons (Fsp3) is 0.375. The number of thiazole rings is 1. The second kappa shape index (κ2) is 9.64. The van der Waals surface area contributed by atoms with Crippen LogP contribution in [0.2, 0.25) is 0 Å². The summed E-state index contributed by atoms with van der Waals surface area (Å²) in [6.07, 6.45) is 4.13. The quantitative estimate of drug-likeness (QED) is 0.354. The Morgan fingerprint density at radius 2 is 1.64 bits per heavy atom. The third-order valence-corrected chi connectivity index (χ3v) is 9.02. The molecule has 2 bridgehead atoms. The number of hydrogen-bond donors (Lipinski definition) is 2. The highest BCUT2D eigenvalue weighted by Gasteiger charge is 2.43. The van der Waals surface area contributed by atoms with Crippen molar-refractivity contribution in [3.05, 3.63) is 69.6 Å². The molecule has 36 heavy (non-hydrogen) atoms. The highest BCUT2D eigenvalue weighted by Crippen LogP contribution is 2.44. The van der Waals surface area contributed by atoms with Crippen LogP contribution in [0.1, 0.15) is 49.8 Å². The average Bonchev–Trinajstić information content (AvgIpc) is 3.56. The molecular formula is C24H24F4N4O2S2. The first kappa shape index (κ1) is 25.0. The van der Waals surface area contributed by atoms with E-state index in [-0.39, 0.29) is 35.2 Å². The van der Waals surface area contributed by atoms with Gasteiger partial charge in [0.2, 0.25) is 0 Å². The van der Waals surface area contributed by atoms with Crippen LogP contribution in [-0.2, 0) is 16.6 Å². The smallest absolute Gasteiger partial charge is 0.268 e. The average molecular weight is 541 g/mol. The Balaban J connectivity index is 1.40. The zero-order chi connectivity index (χ0) is 25.6. The maximum absolute atomic E-state index is 15.0. The van der Waals surface area contributed by atoms with Crippen molar-refractivity contribution in [3.8, 4) is 0 Å². The summed E-state index contributed by atoms with van der Waals surface area (Å²) < 4.78 is 86.3. The van der Waals surface area contributed by atoms with E-state index in [0.717, 1.165) is 61.3 Å². The van der Waals surface area contributed by atoms with Crippen LogP contribution in [0.5, 0.6) is 0 Å². The van der Waals surface area contributed by atoms with Crippen molar-refractivity contribution in [1.82, 2.24) is 9.88 Å². The van der Waals surface area contributed by atoms with E-state index in [0.29, 0.717) is 12.1 Å². The minimum atomic E-state index is -4.57. The van der Waals surface area contributed by atoms with Gasteiger partial charge in [0.05, 0.1) is 5.51 Å². The minimum absolute atomic E-state index is 0.0596. The summed E-state index contributed by atoms with van der Waals surface area (Å²) in [5.41, 5.74) is 1.54. The lowest BCUT2D eigenvalue weighted by molar-refractivity contribution is 0.184. The van der Waals surface area contributed by atoms with E-state index in [1.165, 1.54) is 10.9 Å². The van der Waals surface area contributed by atoms with E-state index in [1.54, 1.807) is 0 Å². The van der Waals surface area contributed by atoms with Crippen LogP contribution < -0.4 is 10.0 Å². The molecule has 2 aliphatic heterocycles. The van der Waals surface area contributed by atoms with Crippen molar-refractivity contribution in [2.24, 2.45) is 0 Å². The van der Waals surface area contributed by atoms with Gasteiger partial charge in [-0.2, -0.15) is 0 Å². The number of benzene rings is 2. The fourth-order valence-corrected chi connectivity index (χ4v) is 7.21. The van der Waals surface area contributed by atoms with Crippen molar-refractivity contribution in [2.75, 3.05) is 10.0 Å². The van der Waals surface area contributed by atoms with Gasteiger partial charge >= 0.3 is 0 Å². The lowest BCUT2D eigenvalue weighted by Crippen LogP contribution is -2.33. The number of anilines is 2. The lowest BCUT2D eigenvalue weighted by atomic mass is 9.98. The van der Waals surface area contributed by atoms with Crippen LogP contribution in [0.3, 0.4) is 0 Å². The monoisotopic (exact) mass is 540 g/mol. The molecule has 2 N–H and O–H groups in total. The maximum atomic E-state index is 15.0. The van der Waals surface area contributed by atoms with E-state index in [4.69, 9.17) is 0 Å². The summed E-state index contributed by atoms with van der Waals surface area (Å²) in [4.78, 5) is 4.84. The lowest BCUT2D eigenvalue weighted by Gasteiger charge is -2.31. The van der Waals surface area contributed by atoms with Gasteiger partial charge in [0.1, 0.15) is 23.3 Å². The van der Waals surface area contributed by atoms with Gasteiger partial charge in [-0.05, 0) is 56.9 Å². The zero-order valence-electron chi connectivity index (χ0n) is 19.3. The summed E-state index contributed by atoms with van der Waals surface area (Å²) in [6.45, 7) is 1.61. The Labute approximate surface area is 210 Å². The molecule has 0 aliphatic carbocycles. The number of fused-ring (bicyclic) bond motifs is 2. The van der Waals surface area contributed by atoms with Crippen LogP contribution in [0.4, 0.5) is 29.1 Å². The number of aromatic nitrogens is 1. The molecule has 3 aromatic rings. The molecule has 3 heterocycles. The second-order valence-corrected chi connectivity index (χ2v) is 11.4. The van der Waals surface area contributed by atoms with Gasteiger partial charge in [0, 0.05) is 46.9 Å². The van der Waals surface area contributed by atoms with E-state index in [1.807, 2.05) is 11.6 Å². The van der Waals surface area contributed by atoms with E-state index in [9.17, 15) is 26.0 Å². The molecule has 1 atom stereocenters. The van der Waals surface area contributed by atoms with Crippen LogP contribution in [-0.4, -0.2) is 30.4 Å². The number of nitrogens with zero attached hydrogens (tertiary/aromatic N) is 2. The van der Waals surface area contributed by atoms with Crippen LogP contribution >= 0.6 is 11.3 Å². The molecule has 2 fully saturated rings. The molecule has 2 saturated heterocycles. The predicted molar refractivity (Wildman–Crippen MR) is 129 cm³/mol. The maximum Gasteiger partial charge on any atom is 0.268 e. The molecule has 12 heteroatoms. The molecule has 0 amide bonds. The normalized spacial score (nSPS) is 20.6. The number of hydrogen-bond acceptors (Lipinski definition) is 6. The van der Waals surface area contributed by atoms with Gasteiger partial charge in [0.15, 0.2) is 10.7 Å². The number of rotatable bonds is 8. The highest BCUT2D eigenvalue weighted by atomic mass is 32.2. The predicted octanol–water partition coefficient (Wildman–Crippen LogP) is 5.80. The highest BCUT2D eigenvalue weighted by molar-refractivity contribution is 7.92. The van der Waals surface area contributed by atoms with E-state index >= 15 is 0 Å². The van der Waals surface area contributed by atoms with Gasteiger partial charge in [-0.25, -0.2) is 31.0 Å². The third kappa shape index (κ3) is 4.57. The molecule has 192 valence electrons. The van der Waals surface area contributed by atoms with Gasteiger partial charge in [-0.1, -0.05) is 0 Å². The van der Waals surface area contributed by atoms with Crippen LogP contribution in [0.25, 0.3) is 0 Å². The summed E-state index contributed by atoms with van der Waals surface area (Å²) in [5, 5.41) is 4.11. The van der Waals surface area contributed by atoms with Crippen molar-refractivity contribution >= 4 is 32.9 Å². The Hall–Kier alpha value is -2.70. The first-order valence-electron chi connectivity index (χ1n) is 11.5. The number of nitrogens with one attached hydrogen (secondary N) is 2. The molecule has 1 aromatic heterocycles. The molecule has 0 unspecified atom stereocenters. The molecule has 2 aromatic carbocycles. The summed E-state index contributed by atoms with van der Waals surface area (Å²) in [5.74, 6) is -3.90. The van der Waals surface area contributed by atoms with Crippen molar-refractivity contribution in [3.63, 3.8) is 0 Å². The fourth-order valence-electron chi connectivity index (χ4n) is 5.54. The summed E-state index contributed by atoms with van der Waals surface area (Å²) in [6, 6.07) is 4.04. The SMILES string of the molecule is C[C@H](c1c(F)ccc(F)c1CNc1cc(F)c(S(=O)(=O)Nc2cscn2)c(F)c1)N1C2CCC1CC2. The topological polar surface area (TPSA) is 74.3 Å². The third-order valence-electron chi connectivity index (χ3n) is 7.03. The standard InChI is InChI=1S/C24H24F4N4O2S2/c1-13(32-15-2-3-16(32)5-4-15)23-17(18(25)6-7-19(23)26)10-29-14-8-20(27)24(21(28)9-14)36(33,34)31-22-11-35-12-30-22/h6-9,11-13,15-16,29,31H,2-5,10H2,1H3/t13-,15?,16?/m1/s1. The molecule has 0 spiro atoms. The first-order chi connectivity index (χ1) is 17.2. The largest absolute Gasteiger partial charge is 0.381 e. The number of halogens is 4. The molecule has 6 nitrogen and oxygen atoms in total. The van der Waals surface area contributed by atoms with E-state index in [2.05, 4.69) is 15.2 Å². The molecule has 5 rings (SSSR count). The first-order valence-corrected chi connectivity index (χ1v) is 14.0. The summed E-state index contributed by atoms with van der Waals surface area (Å²) in [7, 11) is -4.57. The number of sulfonamides is 1. The van der Waals surface area contributed by atoms with Gasteiger partial charge in [-0.3, -0.25) is 9.62 Å². The molecule has 0 saturated carbocycles. The Kier molecular flexibility index (Phi) is 6.69. The Morgan fingerprint density at radius 1 is 1.03 bits per heavy atom. The van der Waals surface area contributed by atoms with Gasteiger partial charge < -0.3 is 5.32 Å². The van der Waals surface area contributed by atoms with Gasteiger partial charge in [0.25, 0.3) is 10.0 Å². The van der Waals surface area contributed by atoms with Crippen molar-refractivity contribution < 1.29 is 26.0 Å². The van der Waals surface area contributed by atoms with Crippen LogP contribution in [0.15, 0.2) is 40.1 Å². The van der Waals surface area contributed by atoms with Crippen molar-refractivity contribution in [2.45, 2.75) is 62.2 Å². The Morgan fingerprint density at radius 3 is 2.22 bits per heavy atom. The Bertz CT molecular complexity index is 1340.